The number of carbonyl (C=O) groups excluding carboxylic acids is 5. The number of hydrogen-bond acceptors (Lipinski definition) is 10. The molecule has 3 fully saturated rings. The molecule has 0 bridgehead atoms. The second-order valence-corrected chi connectivity index (χ2v) is 13.5. The molecular formula is C36H37N3O8. The SMILES string of the molecule is CN(C)[C@@H]1C(=O)C(C(N)=O)C(=O)[C@@]2(O)C(=O)C3C(=O)c4c(O)ccc(-c5ccc(CN6CCOCC6)c6ccccc56)c4C[C@H]3C[C@@H]12. The molecule has 3 aromatic rings. The van der Waals surface area contributed by atoms with Crippen LogP contribution in [0.2, 0.25) is 0 Å². The lowest BCUT2D eigenvalue weighted by Gasteiger charge is -2.52. The van der Waals surface area contributed by atoms with E-state index in [0.29, 0.717) is 18.8 Å². The van der Waals surface area contributed by atoms with Crippen LogP contribution in [0.1, 0.15) is 27.9 Å². The van der Waals surface area contributed by atoms with Gasteiger partial charge in [-0.2, -0.15) is 0 Å². The normalized spacial score (nSPS) is 29.5. The molecule has 11 nitrogen and oxygen atoms in total. The average Bonchev–Trinajstić information content (AvgIpc) is 3.03. The highest BCUT2D eigenvalue weighted by atomic mass is 16.5. The Kier molecular flexibility index (Phi) is 7.63. The van der Waals surface area contributed by atoms with Crippen molar-refractivity contribution in [3.05, 3.63) is 65.2 Å². The highest BCUT2D eigenvalue weighted by molar-refractivity contribution is 6.32. The lowest BCUT2D eigenvalue weighted by Crippen LogP contribution is -2.74. The number of likely N-dealkylation sites (N-methyl/N-ethyl adjacent to an activating group) is 1. The smallest absolute Gasteiger partial charge is 0.235 e. The number of ketones is 4. The van der Waals surface area contributed by atoms with E-state index in [1.165, 1.54) is 11.0 Å². The Hall–Kier alpha value is -4.29. The summed E-state index contributed by atoms with van der Waals surface area (Å²) in [4.78, 5) is 71.4. The van der Waals surface area contributed by atoms with Gasteiger partial charge < -0.3 is 20.7 Å². The maximum atomic E-state index is 14.2. The summed E-state index contributed by atoms with van der Waals surface area (Å²) in [6.07, 6.45) is 0.192. The molecule has 0 aromatic heterocycles. The maximum absolute atomic E-state index is 14.2. The van der Waals surface area contributed by atoms with Crippen molar-refractivity contribution in [3.63, 3.8) is 0 Å². The van der Waals surface area contributed by atoms with Crippen molar-refractivity contribution < 1.29 is 38.9 Å². The van der Waals surface area contributed by atoms with Gasteiger partial charge in [-0.05, 0) is 71.9 Å². The molecule has 6 atom stereocenters. The number of fused-ring (bicyclic) bond motifs is 4. The van der Waals surface area contributed by atoms with Gasteiger partial charge in [-0.15, -0.1) is 0 Å². The standard InChI is InChI=1S/C36H37N3O8/c1-38(2)30-25-16-19-15-24-23(22-8-7-18(17-39-11-13-47-14-12-39)20-5-3-4-6-21(20)22)9-10-26(40)28(24)31(41)27(19)33(43)36(25,46)34(44)29(32(30)42)35(37)45/h3-10,19,25,27,29-30,40,46H,11-17H2,1-2H3,(H2,37,45)/t19-,25-,27?,29?,30-,36-/m0/s1. The number of morpholine rings is 1. The molecule has 1 heterocycles. The van der Waals surface area contributed by atoms with Gasteiger partial charge in [-0.25, -0.2) is 0 Å². The van der Waals surface area contributed by atoms with Gasteiger partial charge in [-0.3, -0.25) is 33.8 Å². The first-order chi connectivity index (χ1) is 22.4. The first kappa shape index (κ1) is 31.3. The van der Waals surface area contributed by atoms with Gasteiger partial charge in [-0.1, -0.05) is 42.5 Å². The van der Waals surface area contributed by atoms with E-state index in [0.717, 1.165) is 47.1 Å². The Morgan fingerprint density at radius 1 is 0.979 bits per heavy atom. The number of nitrogens with two attached hydrogens (primary N) is 1. The van der Waals surface area contributed by atoms with E-state index in [2.05, 4.69) is 17.0 Å². The Balaban J connectivity index is 1.33. The molecule has 3 aromatic carbocycles. The molecule has 3 aliphatic carbocycles. The van der Waals surface area contributed by atoms with Crippen molar-refractivity contribution in [1.82, 2.24) is 9.80 Å². The molecule has 244 valence electrons. The van der Waals surface area contributed by atoms with Gasteiger partial charge in [0, 0.05) is 25.6 Å². The summed E-state index contributed by atoms with van der Waals surface area (Å²) in [5.74, 6) is -10.6. The third-order valence-electron chi connectivity index (χ3n) is 10.7. The van der Waals surface area contributed by atoms with Crippen LogP contribution < -0.4 is 5.73 Å². The summed E-state index contributed by atoms with van der Waals surface area (Å²) in [6, 6.07) is 14.2. The van der Waals surface area contributed by atoms with Crippen LogP contribution in [-0.2, 0) is 36.9 Å². The van der Waals surface area contributed by atoms with E-state index < -0.39 is 64.4 Å². The highest BCUT2D eigenvalue weighted by Crippen LogP contribution is 2.52. The Bertz CT molecular complexity index is 1860. The molecule has 4 N–H and O–H groups in total. The molecule has 2 saturated carbocycles. The predicted octanol–water partition coefficient (Wildman–Crippen LogP) is 1.52. The monoisotopic (exact) mass is 639 g/mol. The van der Waals surface area contributed by atoms with E-state index in [4.69, 9.17) is 10.5 Å². The fourth-order valence-corrected chi connectivity index (χ4v) is 8.59. The minimum absolute atomic E-state index is 0.00176. The van der Waals surface area contributed by atoms with Crippen molar-refractivity contribution in [2.45, 2.75) is 31.0 Å². The van der Waals surface area contributed by atoms with E-state index >= 15 is 0 Å². The predicted molar refractivity (Wildman–Crippen MR) is 170 cm³/mol. The van der Waals surface area contributed by atoms with E-state index in [9.17, 15) is 34.2 Å². The van der Waals surface area contributed by atoms with Crippen LogP contribution >= 0.6 is 0 Å². The summed E-state index contributed by atoms with van der Waals surface area (Å²) in [7, 11) is 3.14. The molecule has 4 aliphatic rings. The molecule has 1 amide bonds. The molecular weight excluding hydrogens is 602 g/mol. The third-order valence-corrected chi connectivity index (χ3v) is 10.7. The average molecular weight is 640 g/mol. The number of primary amides is 1. The second-order valence-electron chi connectivity index (χ2n) is 13.5. The minimum Gasteiger partial charge on any atom is -0.507 e. The number of aliphatic hydroxyl groups is 1. The summed E-state index contributed by atoms with van der Waals surface area (Å²) in [5.41, 5.74) is 5.98. The van der Waals surface area contributed by atoms with E-state index in [1.54, 1.807) is 20.2 Å². The van der Waals surface area contributed by atoms with Crippen LogP contribution in [0.3, 0.4) is 0 Å². The lowest BCUT2D eigenvalue weighted by atomic mass is 9.52. The van der Waals surface area contributed by atoms with Crippen molar-refractivity contribution in [1.29, 1.82) is 0 Å². The van der Waals surface area contributed by atoms with Crippen LogP contribution in [0.25, 0.3) is 21.9 Å². The molecule has 7 rings (SSSR count). The summed E-state index contributed by atoms with van der Waals surface area (Å²) in [5, 5.41) is 24.9. The number of phenols is 1. The quantitative estimate of drug-likeness (QED) is 0.348. The zero-order chi connectivity index (χ0) is 33.4. The van der Waals surface area contributed by atoms with Crippen LogP contribution in [0.15, 0.2) is 48.5 Å². The molecule has 1 aliphatic heterocycles. The minimum atomic E-state index is -2.75. The third kappa shape index (κ3) is 4.67. The topological polar surface area (TPSA) is 168 Å². The van der Waals surface area contributed by atoms with Crippen molar-refractivity contribution >= 4 is 39.8 Å². The Morgan fingerprint density at radius 2 is 1.66 bits per heavy atom. The Labute approximate surface area is 271 Å². The van der Waals surface area contributed by atoms with Gasteiger partial charge >= 0.3 is 0 Å². The van der Waals surface area contributed by atoms with Crippen LogP contribution in [-0.4, -0.2) is 101 Å². The molecule has 0 spiro atoms. The summed E-state index contributed by atoms with van der Waals surface area (Å²) < 4.78 is 5.52. The molecule has 1 saturated heterocycles. The van der Waals surface area contributed by atoms with Crippen molar-refractivity contribution in [2.24, 2.45) is 29.4 Å². The van der Waals surface area contributed by atoms with Gasteiger partial charge in [0.05, 0.1) is 30.7 Å². The van der Waals surface area contributed by atoms with E-state index in [1.807, 2.05) is 24.3 Å². The number of aromatic hydroxyl groups is 1. The zero-order valence-electron chi connectivity index (χ0n) is 26.3. The van der Waals surface area contributed by atoms with Gasteiger partial charge in [0.2, 0.25) is 5.91 Å². The fraction of sp³-hybridized carbons (Fsp3) is 0.417. The van der Waals surface area contributed by atoms with Crippen LogP contribution in [0.5, 0.6) is 5.75 Å². The van der Waals surface area contributed by atoms with Gasteiger partial charge in [0.25, 0.3) is 0 Å². The maximum Gasteiger partial charge on any atom is 0.235 e. The Morgan fingerprint density at radius 3 is 2.34 bits per heavy atom. The highest BCUT2D eigenvalue weighted by Gasteiger charge is 2.69. The number of Topliss-reactive ketones (excluding diaryl/α,β-unsaturated/α-hetero) is 4. The molecule has 11 heteroatoms. The second kappa shape index (κ2) is 11.4. The van der Waals surface area contributed by atoms with Crippen LogP contribution in [0.4, 0.5) is 0 Å². The molecule has 2 unspecified atom stereocenters. The van der Waals surface area contributed by atoms with Crippen LogP contribution in [0, 0.1) is 23.7 Å². The number of benzene rings is 3. The first-order valence-corrected chi connectivity index (χ1v) is 16.0. The number of carbonyl (C=O) groups is 5. The molecule has 0 radical (unpaired) electrons. The summed E-state index contributed by atoms with van der Waals surface area (Å²) >= 11 is 0. The fourth-order valence-electron chi connectivity index (χ4n) is 8.59. The summed E-state index contributed by atoms with van der Waals surface area (Å²) in [6.45, 7) is 3.83. The van der Waals surface area contributed by atoms with Crippen molar-refractivity contribution in [3.8, 4) is 16.9 Å². The molecule has 47 heavy (non-hydrogen) atoms. The number of phenolic OH excluding ortho intramolecular Hbond substituents is 1. The largest absolute Gasteiger partial charge is 0.507 e. The number of hydrogen-bond donors (Lipinski definition) is 3. The van der Waals surface area contributed by atoms with Crippen molar-refractivity contribution in [2.75, 3.05) is 40.4 Å². The zero-order valence-corrected chi connectivity index (χ0v) is 26.3. The van der Waals surface area contributed by atoms with E-state index in [-0.39, 0.29) is 24.2 Å². The number of amides is 1. The number of ether oxygens (including phenoxy) is 1. The number of rotatable bonds is 5. The van der Waals surface area contributed by atoms with Gasteiger partial charge in [0.15, 0.2) is 34.7 Å². The van der Waals surface area contributed by atoms with Gasteiger partial charge in [0.1, 0.15) is 5.75 Å². The lowest BCUT2D eigenvalue weighted by molar-refractivity contribution is -0.181. The number of nitrogens with zero attached hydrogens (tertiary/aromatic N) is 2. The first-order valence-electron chi connectivity index (χ1n) is 16.0.